The highest BCUT2D eigenvalue weighted by Gasteiger charge is 2.53. The number of fused-ring (bicyclic) bond motifs is 17. The number of hydrogen-bond donors (Lipinski definition) is 0. The molecule has 1 aliphatic heterocycles. The van der Waals surface area contributed by atoms with Crippen LogP contribution in [0, 0.1) is 0 Å². The SMILES string of the molecule is c1ccc(-c2ccc(N(c3ccccc3)c3cc4c(c5oc6ccccc6c35)-c3c(cc(N(c5ccccc5)c5ccc(-c6ccccc6)cc5)c5c3oc3ccccc35)C43c4ccccc4Sc4ccccc43)cc2)cc1. The molecule has 1 aliphatic carbocycles. The van der Waals surface area contributed by atoms with Crippen LogP contribution in [0.4, 0.5) is 34.1 Å². The van der Waals surface area contributed by atoms with Gasteiger partial charge in [-0.1, -0.05) is 206 Å². The van der Waals surface area contributed by atoms with Crippen molar-refractivity contribution >= 4 is 89.8 Å². The van der Waals surface area contributed by atoms with E-state index in [0.717, 1.165) is 111 Å². The zero-order valence-electron chi connectivity index (χ0n) is 42.2. The van der Waals surface area contributed by atoms with E-state index in [-0.39, 0.29) is 0 Å². The minimum atomic E-state index is -0.855. The number of anilines is 6. The molecule has 0 bridgehead atoms. The van der Waals surface area contributed by atoms with Crippen LogP contribution in [0.15, 0.2) is 298 Å². The second kappa shape index (κ2) is 17.6. The summed E-state index contributed by atoms with van der Waals surface area (Å²) in [6.45, 7) is 0. The number of hydrogen-bond acceptors (Lipinski definition) is 5. The van der Waals surface area contributed by atoms with Gasteiger partial charge in [0.2, 0.25) is 0 Å². The van der Waals surface area contributed by atoms with E-state index in [0.29, 0.717) is 0 Å². The highest BCUT2D eigenvalue weighted by atomic mass is 32.2. The molecule has 1 spiro atoms. The Kier molecular flexibility index (Phi) is 10.1. The van der Waals surface area contributed by atoms with Gasteiger partial charge < -0.3 is 18.6 Å². The first-order valence-corrected chi connectivity index (χ1v) is 27.4. The van der Waals surface area contributed by atoms with Crippen molar-refractivity contribution in [2.45, 2.75) is 15.2 Å². The summed E-state index contributed by atoms with van der Waals surface area (Å²) < 4.78 is 15.0. The summed E-state index contributed by atoms with van der Waals surface area (Å²) in [5, 5.41) is 4.16. The van der Waals surface area contributed by atoms with Crippen molar-refractivity contribution in [3.63, 3.8) is 0 Å². The summed E-state index contributed by atoms with van der Waals surface area (Å²) in [6, 6.07) is 101. The molecule has 16 rings (SSSR count). The molecule has 0 fully saturated rings. The Bertz CT molecular complexity index is 4330. The van der Waals surface area contributed by atoms with Crippen LogP contribution in [0.5, 0.6) is 0 Å². The van der Waals surface area contributed by atoms with Crippen LogP contribution in [-0.4, -0.2) is 0 Å². The zero-order chi connectivity index (χ0) is 51.3. The summed E-state index contributed by atoms with van der Waals surface area (Å²) >= 11 is 1.85. The molecule has 14 aromatic rings. The quantitative estimate of drug-likeness (QED) is 0.151. The predicted molar refractivity (Wildman–Crippen MR) is 323 cm³/mol. The zero-order valence-corrected chi connectivity index (χ0v) is 43.0. The number of nitrogens with zero attached hydrogens (tertiary/aromatic N) is 2. The second-order valence-corrected chi connectivity index (χ2v) is 21.3. The molecule has 0 radical (unpaired) electrons. The highest BCUT2D eigenvalue weighted by molar-refractivity contribution is 7.99. The summed E-state index contributed by atoms with van der Waals surface area (Å²) in [7, 11) is 0. The van der Waals surface area contributed by atoms with E-state index >= 15 is 0 Å². The van der Waals surface area contributed by atoms with E-state index in [1.165, 1.54) is 32.0 Å². The van der Waals surface area contributed by atoms with Crippen molar-refractivity contribution in [3.05, 3.63) is 301 Å². The van der Waals surface area contributed by atoms with Crippen LogP contribution >= 0.6 is 11.8 Å². The lowest BCUT2D eigenvalue weighted by molar-refractivity contribution is 0.665. The molecule has 0 amide bonds. The number of furan rings is 2. The monoisotopic (exact) mass is 1010 g/mol. The molecule has 0 saturated carbocycles. The average Bonchev–Trinajstić information content (AvgIpc) is 4.37. The summed E-state index contributed by atoms with van der Waals surface area (Å²) in [5.74, 6) is 0. The molecular formula is C73H46N2O2S. The fraction of sp³-hybridized carbons (Fsp3) is 0.0137. The maximum Gasteiger partial charge on any atom is 0.145 e. The van der Waals surface area contributed by atoms with Gasteiger partial charge in [-0.05, 0) is 129 Å². The predicted octanol–water partition coefficient (Wildman–Crippen LogP) is 20.6. The maximum absolute atomic E-state index is 7.50. The van der Waals surface area contributed by atoms with E-state index in [1.54, 1.807) is 0 Å². The summed E-state index contributed by atoms with van der Waals surface area (Å²) in [5.41, 5.74) is 20.1. The normalized spacial score (nSPS) is 12.9. The minimum absolute atomic E-state index is 0.822. The third kappa shape index (κ3) is 6.62. The van der Waals surface area contributed by atoms with E-state index in [2.05, 4.69) is 289 Å². The van der Waals surface area contributed by atoms with Crippen LogP contribution in [0.3, 0.4) is 0 Å². The topological polar surface area (TPSA) is 32.8 Å². The molecular weight excluding hydrogens is 969 g/mol. The minimum Gasteiger partial charge on any atom is -0.455 e. The fourth-order valence-corrected chi connectivity index (χ4v) is 14.0. The summed E-state index contributed by atoms with van der Waals surface area (Å²) in [6.07, 6.45) is 0. The third-order valence-corrected chi connectivity index (χ3v) is 17.2. The fourth-order valence-electron chi connectivity index (χ4n) is 12.8. The number of benzene rings is 12. The Morgan fingerprint density at radius 2 is 0.628 bits per heavy atom. The molecule has 2 aromatic heterocycles. The van der Waals surface area contributed by atoms with Crippen LogP contribution in [-0.2, 0) is 5.41 Å². The first kappa shape index (κ1) is 44.5. The molecule has 4 nitrogen and oxygen atoms in total. The lowest BCUT2D eigenvalue weighted by atomic mass is 9.67. The van der Waals surface area contributed by atoms with Crippen LogP contribution in [0.2, 0.25) is 0 Å². The highest BCUT2D eigenvalue weighted by Crippen LogP contribution is 2.67. The molecule has 3 heterocycles. The molecule has 12 aromatic carbocycles. The molecule has 2 aliphatic rings. The van der Waals surface area contributed by atoms with E-state index in [9.17, 15) is 0 Å². The lowest BCUT2D eigenvalue weighted by Crippen LogP contribution is -2.32. The van der Waals surface area contributed by atoms with Gasteiger partial charge in [0.05, 0.1) is 27.6 Å². The molecule has 0 N–H and O–H groups in total. The van der Waals surface area contributed by atoms with Gasteiger partial charge in [-0.15, -0.1) is 0 Å². The molecule has 5 heteroatoms. The Labute approximate surface area is 455 Å². The van der Waals surface area contributed by atoms with Crippen molar-refractivity contribution in [1.29, 1.82) is 0 Å². The van der Waals surface area contributed by atoms with E-state index in [1.807, 2.05) is 11.8 Å². The van der Waals surface area contributed by atoms with Crippen LogP contribution in [0.1, 0.15) is 22.3 Å². The standard InChI is InChI=1S/C73H46N2O2S/c1-5-21-47(22-6-1)49-37-41-53(42-38-49)74(51-25-9-3-10-26-51)61-45-59-69(71-67(61)55-29-13-17-33-63(55)76-71)70-60(73(59)57-31-15-19-35-65(57)78-66-36-20-16-32-58(66)73)46-62(68-56-30-14-18-34-64(56)77-72(68)70)75(52-27-11-4-12-28-52)54-43-39-50(40-44-54)48-23-7-2-8-24-48/h1-46H. The number of para-hydroxylation sites is 4. The molecule has 0 unspecified atom stereocenters. The number of rotatable bonds is 8. The van der Waals surface area contributed by atoms with Gasteiger partial charge in [0.25, 0.3) is 0 Å². The Morgan fingerprint density at radius 1 is 0.295 bits per heavy atom. The second-order valence-electron chi connectivity index (χ2n) is 20.3. The van der Waals surface area contributed by atoms with Gasteiger partial charge in [-0.3, -0.25) is 0 Å². The van der Waals surface area contributed by atoms with Crippen molar-refractivity contribution < 1.29 is 8.83 Å². The third-order valence-electron chi connectivity index (χ3n) is 16.1. The average molecular weight is 1020 g/mol. The van der Waals surface area contributed by atoms with Gasteiger partial charge >= 0.3 is 0 Å². The smallest absolute Gasteiger partial charge is 0.145 e. The first-order valence-electron chi connectivity index (χ1n) is 26.6. The van der Waals surface area contributed by atoms with Gasteiger partial charge in [0.15, 0.2) is 0 Å². The maximum atomic E-state index is 7.50. The van der Waals surface area contributed by atoms with Gasteiger partial charge in [-0.2, -0.15) is 0 Å². The van der Waals surface area contributed by atoms with E-state index < -0.39 is 5.41 Å². The van der Waals surface area contributed by atoms with Gasteiger partial charge in [0, 0.05) is 54.4 Å². The van der Waals surface area contributed by atoms with Crippen LogP contribution < -0.4 is 9.80 Å². The van der Waals surface area contributed by atoms with Crippen molar-refractivity contribution in [2.24, 2.45) is 0 Å². The van der Waals surface area contributed by atoms with Crippen molar-refractivity contribution in [1.82, 2.24) is 0 Å². The van der Waals surface area contributed by atoms with Crippen molar-refractivity contribution in [2.75, 3.05) is 9.80 Å². The van der Waals surface area contributed by atoms with Gasteiger partial charge in [-0.25, -0.2) is 0 Å². The van der Waals surface area contributed by atoms with Crippen LogP contribution in [0.25, 0.3) is 77.3 Å². The molecule has 0 atom stereocenters. The van der Waals surface area contributed by atoms with Gasteiger partial charge in [0.1, 0.15) is 22.3 Å². The molecule has 0 saturated heterocycles. The summed E-state index contributed by atoms with van der Waals surface area (Å²) in [4.78, 5) is 7.29. The first-order chi connectivity index (χ1) is 38.7. The van der Waals surface area contributed by atoms with Crippen molar-refractivity contribution in [3.8, 4) is 33.4 Å². The Balaban J connectivity index is 1.07. The Hall–Kier alpha value is -9.81. The molecule has 366 valence electrons. The Morgan fingerprint density at radius 3 is 1.05 bits per heavy atom. The van der Waals surface area contributed by atoms with E-state index in [4.69, 9.17) is 8.83 Å². The lowest BCUT2D eigenvalue weighted by Gasteiger charge is -2.40. The molecule has 78 heavy (non-hydrogen) atoms. The largest absolute Gasteiger partial charge is 0.455 e.